The fourth-order valence-corrected chi connectivity index (χ4v) is 1.77. The van der Waals surface area contributed by atoms with Crippen LogP contribution in [0.25, 0.3) is 11.3 Å². The summed E-state index contributed by atoms with van der Waals surface area (Å²) in [6.07, 6.45) is 0. The summed E-state index contributed by atoms with van der Waals surface area (Å²) in [6, 6.07) is 11.6. The highest BCUT2D eigenvalue weighted by Crippen LogP contribution is 2.19. The van der Waals surface area contributed by atoms with Crippen LogP contribution in [0.4, 0.5) is 11.9 Å². The first-order valence-corrected chi connectivity index (χ1v) is 5.69. The number of hydrogen-bond donors (Lipinski definition) is 2. The van der Waals surface area contributed by atoms with Gasteiger partial charge in [-0.15, -0.1) is 5.10 Å². The van der Waals surface area contributed by atoms with Crippen molar-refractivity contribution in [3.05, 3.63) is 42.2 Å². The van der Waals surface area contributed by atoms with Gasteiger partial charge in [-0.25, -0.2) is 4.68 Å². The highest BCUT2D eigenvalue weighted by atomic mass is 16.5. The van der Waals surface area contributed by atoms with Crippen molar-refractivity contribution in [3.63, 3.8) is 0 Å². The molecule has 2 heterocycles. The second-order valence-corrected chi connectivity index (χ2v) is 4.03. The van der Waals surface area contributed by atoms with Crippen LogP contribution in [0.2, 0.25) is 0 Å². The van der Waals surface area contributed by atoms with E-state index in [1.54, 1.807) is 0 Å². The van der Waals surface area contributed by atoms with Crippen LogP contribution < -0.4 is 11.5 Å². The van der Waals surface area contributed by atoms with Gasteiger partial charge in [0.15, 0.2) is 5.76 Å². The van der Waals surface area contributed by atoms with Crippen molar-refractivity contribution in [1.29, 1.82) is 0 Å². The first kappa shape index (κ1) is 11.3. The van der Waals surface area contributed by atoms with E-state index in [1.165, 1.54) is 4.68 Å². The Morgan fingerprint density at radius 3 is 2.63 bits per heavy atom. The molecule has 0 saturated carbocycles. The van der Waals surface area contributed by atoms with Gasteiger partial charge in [0.2, 0.25) is 11.9 Å². The van der Waals surface area contributed by atoms with E-state index in [-0.39, 0.29) is 11.9 Å². The van der Waals surface area contributed by atoms with Crippen LogP contribution in [0, 0.1) is 0 Å². The van der Waals surface area contributed by atoms with Gasteiger partial charge in [-0.2, -0.15) is 4.98 Å². The van der Waals surface area contributed by atoms with Gasteiger partial charge in [-0.05, 0) is 0 Å². The number of aromatic nitrogens is 4. The average molecular weight is 256 g/mol. The molecule has 0 aliphatic rings. The Morgan fingerprint density at radius 1 is 1.16 bits per heavy atom. The van der Waals surface area contributed by atoms with Crippen LogP contribution >= 0.6 is 0 Å². The van der Waals surface area contributed by atoms with Crippen molar-refractivity contribution in [2.45, 2.75) is 6.54 Å². The summed E-state index contributed by atoms with van der Waals surface area (Å²) in [6.45, 7) is 0.343. The molecule has 7 nitrogen and oxygen atoms in total. The number of nitrogen functional groups attached to an aromatic ring is 2. The lowest BCUT2D eigenvalue weighted by molar-refractivity contribution is 0.374. The molecule has 7 heteroatoms. The summed E-state index contributed by atoms with van der Waals surface area (Å²) in [5.74, 6) is 1.02. The number of benzene rings is 1. The third kappa shape index (κ3) is 2.25. The van der Waals surface area contributed by atoms with E-state index in [0.717, 1.165) is 11.3 Å². The minimum Gasteiger partial charge on any atom is -0.368 e. The topological polar surface area (TPSA) is 109 Å². The molecule has 4 N–H and O–H groups in total. The van der Waals surface area contributed by atoms with Crippen LogP contribution in [0.1, 0.15) is 5.76 Å². The maximum Gasteiger partial charge on any atom is 0.241 e. The third-order valence-corrected chi connectivity index (χ3v) is 2.65. The molecule has 0 atom stereocenters. The molecule has 0 amide bonds. The molecule has 0 spiro atoms. The number of nitrogens with two attached hydrogens (primary N) is 2. The number of rotatable bonds is 3. The van der Waals surface area contributed by atoms with Crippen LogP contribution in [0.15, 0.2) is 40.9 Å². The zero-order valence-corrected chi connectivity index (χ0v) is 10.0. The Balaban J connectivity index is 1.84. The molecule has 0 radical (unpaired) electrons. The van der Waals surface area contributed by atoms with Gasteiger partial charge in [0.05, 0.1) is 0 Å². The van der Waals surface area contributed by atoms with Crippen molar-refractivity contribution < 1.29 is 4.52 Å². The molecule has 0 fully saturated rings. The zero-order valence-electron chi connectivity index (χ0n) is 10.0. The SMILES string of the molecule is Nc1nc(N)n(Cc2cc(-c3ccccc3)no2)n1. The number of nitrogens with zero attached hydrogens (tertiary/aromatic N) is 4. The summed E-state index contributed by atoms with van der Waals surface area (Å²) in [5.41, 5.74) is 12.9. The molecule has 19 heavy (non-hydrogen) atoms. The number of hydrogen-bond acceptors (Lipinski definition) is 6. The van der Waals surface area contributed by atoms with Gasteiger partial charge in [0.25, 0.3) is 0 Å². The first-order valence-electron chi connectivity index (χ1n) is 5.69. The quantitative estimate of drug-likeness (QED) is 0.727. The second kappa shape index (κ2) is 4.45. The molecular formula is C12H12N6O. The highest BCUT2D eigenvalue weighted by molar-refractivity contribution is 5.58. The van der Waals surface area contributed by atoms with Crippen LogP contribution in [-0.4, -0.2) is 19.9 Å². The monoisotopic (exact) mass is 256 g/mol. The lowest BCUT2D eigenvalue weighted by Gasteiger charge is -1.96. The molecule has 0 bridgehead atoms. The average Bonchev–Trinajstić information content (AvgIpc) is 2.99. The van der Waals surface area contributed by atoms with Crippen molar-refractivity contribution in [2.75, 3.05) is 11.5 Å². The van der Waals surface area contributed by atoms with Crippen LogP contribution in [-0.2, 0) is 6.54 Å². The molecule has 1 aromatic carbocycles. The second-order valence-electron chi connectivity index (χ2n) is 4.03. The smallest absolute Gasteiger partial charge is 0.241 e. The van der Waals surface area contributed by atoms with Crippen molar-refractivity contribution in [3.8, 4) is 11.3 Å². The van der Waals surface area contributed by atoms with Gasteiger partial charge < -0.3 is 16.0 Å². The number of anilines is 2. The molecule has 3 rings (SSSR count). The lowest BCUT2D eigenvalue weighted by Crippen LogP contribution is -2.05. The molecular weight excluding hydrogens is 244 g/mol. The van der Waals surface area contributed by atoms with Gasteiger partial charge in [0.1, 0.15) is 12.2 Å². The van der Waals surface area contributed by atoms with Crippen molar-refractivity contribution in [2.24, 2.45) is 0 Å². The fourth-order valence-electron chi connectivity index (χ4n) is 1.77. The Hall–Kier alpha value is -2.83. The molecule has 2 aromatic heterocycles. The molecule has 0 unspecified atom stereocenters. The first-order chi connectivity index (χ1) is 9.22. The molecule has 0 saturated heterocycles. The summed E-state index contributed by atoms with van der Waals surface area (Å²) < 4.78 is 6.72. The van der Waals surface area contributed by atoms with Crippen LogP contribution in [0.3, 0.4) is 0 Å². The van der Waals surface area contributed by atoms with E-state index < -0.39 is 0 Å². The maximum atomic E-state index is 5.65. The minimum atomic E-state index is 0.139. The minimum absolute atomic E-state index is 0.139. The Labute approximate surface area is 108 Å². The summed E-state index contributed by atoms with van der Waals surface area (Å²) in [4.78, 5) is 3.82. The van der Waals surface area contributed by atoms with Gasteiger partial charge in [0, 0.05) is 11.6 Å². The standard InChI is InChI=1S/C12H12N6O/c13-11-15-12(14)18(16-11)7-9-6-10(17-19-9)8-4-2-1-3-5-8/h1-6H,7H2,(H4,13,14,15,16). The molecule has 96 valence electrons. The van der Waals surface area contributed by atoms with Gasteiger partial charge >= 0.3 is 0 Å². The lowest BCUT2D eigenvalue weighted by atomic mass is 10.1. The fraction of sp³-hybridized carbons (Fsp3) is 0.0833. The van der Waals surface area contributed by atoms with E-state index in [9.17, 15) is 0 Å². The normalized spacial score (nSPS) is 10.7. The molecule has 0 aliphatic carbocycles. The maximum absolute atomic E-state index is 5.65. The Morgan fingerprint density at radius 2 is 1.95 bits per heavy atom. The van der Waals surface area contributed by atoms with E-state index in [0.29, 0.717) is 12.3 Å². The van der Waals surface area contributed by atoms with Crippen molar-refractivity contribution in [1.82, 2.24) is 19.9 Å². The van der Waals surface area contributed by atoms with Crippen LogP contribution in [0.5, 0.6) is 0 Å². The van der Waals surface area contributed by atoms with Gasteiger partial charge in [-0.3, -0.25) is 0 Å². The highest BCUT2D eigenvalue weighted by Gasteiger charge is 2.10. The van der Waals surface area contributed by atoms with E-state index in [4.69, 9.17) is 16.0 Å². The zero-order chi connectivity index (χ0) is 13.2. The van der Waals surface area contributed by atoms with Crippen molar-refractivity contribution >= 4 is 11.9 Å². The van der Waals surface area contributed by atoms with E-state index in [2.05, 4.69) is 15.2 Å². The Bertz CT molecular complexity index is 687. The summed E-state index contributed by atoms with van der Waals surface area (Å²) in [5, 5.41) is 7.97. The van der Waals surface area contributed by atoms with E-state index >= 15 is 0 Å². The predicted molar refractivity (Wildman–Crippen MR) is 69.9 cm³/mol. The van der Waals surface area contributed by atoms with E-state index in [1.807, 2.05) is 36.4 Å². The summed E-state index contributed by atoms with van der Waals surface area (Å²) in [7, 11) is 0. The Kier molecular flexibility index (Phi) is 2.64. The third-order valence-electron chi connectivity index (χ3n) is 2.65. The molecule has 0 aliphatic heterocycles. The summed E-state index contributed by atoms with van der Waals surface area (Å²) >= 11 is 0. The van der Waals surface area contributed by atoms with Gasteiger partial charge in [-0.1, -0.05) is 35.5 Å². The predicted octanol–water partition coefficient (Wildman–Crippen LogP) is 1.15. The largest absolute Gasteiger partial charge is 0.368 e. The molecule has 3 aromatic rings.